The van der Waals surface area contributed by atoms with E-state index in [0.717, 1.165) is 16.6 Å². The van der Waals surface area contributed by atoms with E-state index >= 15 is 0 Å². The van der Waals surface area contributed by atoms with Gasteiger partial charge in [0, 0.05) is 53.4 Å². The molecule has 0 N–H and O–H groups in total. The lowest BCUT2D eigenvalue weighted by atomic mass is 9.46. The predicted octanol–water partition coefficient (Wildman–Crippen LogP) is 17.0. The molecule has 2 aliphatic heterocycles. The first-order chi connectivity index (χ1) is 33.4. The van der Waals surface area contributed by atoms with Crippen molar-refractivity contribution in [3.8, 4) is 39.1 Å². The van der Waals surface area contributed by atoms with Crippen LogP contribution >= 0.6 is 11.3 Å². The fraction of sp³-hybridized carbons (Fsp3) is 0.231. The normalized spacial score (nSPS) is 14.8. The van der Waals surface area contributed by atoms with Crippen molar-refractivity contribution in [1.82, 2.24) is 4.57 Å². The van der Waals surface area contributed by atoms with E-state index in [2.05, 4.69) is 231 Å². The number of para-hydroxylation sites is 1. The average molecular weight is 925 g/mol. The number of thiophene rings is 1. The van der Waals surface area contributed by atoms with Gasteiger partial charge in [-0.2, -0.15) is 0 Å². The standard InChI is InChI=1S/C65H57BN2OS/c1-62(2,3)38-22-26-41(27-23-38)68-51-35-49-44(42-28-24-40(64(7,8)9)33-48(42)65(49,10)11)34-46(51)54-55-43-19-15-16-20-52(43)69-60(55)56-45-32-39(63(4,5)6)25-29-50(45)67-58-47-31-37(36-17-13-12-14-18-36)21-30-53(47)70-61(58)66(68)57(54)59(56)67/h12-35H,1-11H3. The van der Waals surface area contributed by atoms with Crippen LogP contribution in [-0.2, 0) is 21.7 Å². The molecule has 5 heterocycles. The van der Waals surface area contributed by atoms with Crippen LogP contribution < -0.4 is 15.1 Å². The second-order valence-electron chi connectivity index (χ2n) is 24.1. The highest BCUT2D eigenvalue weighted by Crippen LogP contribution is 2.58. The molecule has 0 atom stereocenters. The fourth-order valence-corrected chi connectivity index (χ4v) is 13.9. The lowest BCUT2D eigenvalue weighted by Gasteiger charge is -2.42. The van der Waals surface area contributed by atoms with Crippen molar-refractivity contribution < 1.29 is 4.42 Å². The molecule has 5 heteroatoms. The molecule has 3 aromatic heterocycles. The third-order valence-electron chi connectivity index (χ3n) is 16.4. The summed E-state index contributed by atoms with van der Waals surface area (Å²) in [5.74, 6) is 0. The Morgan fingerprint density at radius 2 is 1.21 bits per heavy atom. The Morgan fingerprint density at radius 1 is 0.543 bits per heavy atom. The minimum atomic E-state index is -0.217. The first-order valence-corrected chi connectivity index (χ1v) is 26.0. The maximum Gasteiger partial charge on any atom is 0.343 e. The Morgan fingerprint density at radius 3 is 1.96 bits per heavy atom. The summed E-state index contributed by atoms with van der Waals surface area (Å²) in [6.45, 7) is 25.7. The number of hydrogen-bond acceptors (Lipinski definition) is 3. The van der Waals surface area contributed by atoms with Crippen molar-refractivity contribution >= 4 is 93.6 Å². The number of aromatic nitrogens is 1. The first kappa shape index (κ1) is 42.1. The van der Waals surface area contributed by atoms with Gasteiger partial charge >= 0.3 is 6.85 Å². The minimum absolute atomic E-state index is 0.0143. The summed E-state index contributed by atoms with van der Waals surface area (Å²) in [7, 11) is 0. The summed E-state index contributed by atoms with van der Waals surface area (Å²) in [5, 5.41) is 6.10. The second kappa shape index (κ2) is 13.7. The van der Waals surface area contributed by atoms with Gasteiger partial charge in [-0.15, -0.1) is 11.3 Å². The topological polar surface area (TPSA) is 21.3 Å². The van der Waals surface area contributed by atoms with Gasteiger partial charge in [0.05, 0.1) is 22.1 Å². The van der Waals surface area contributed by atoms with E-state index in [0.29, 0.717) is 0 Å². The molecular weight excluding hydrogens is 868 g/mol. The Bertz CT molecular complexity index is 4080. The van der Waals surface area contributed by atoms with E-state index < -0.39 is 0 Å². The summed E-state index contributed by atoms with van der Waals surface area (Å²) in [4.78, 5) is 2.74. The first-order valence-electron chi connectivity index (χ1n) is 25.2. The molecule has 0 amide bonds. The van der Waals surface area contributed by atoms with Crippen LogP contribution in [-0.4, -0.2) is 11.4 Å². The quantitative estimate of drug-likeness (QED) is 0.161. The molecule has 0 bridgehead atoms. The number of furan rings is 1. The minimum Gasteiger partial charge on any atom is -0.455 e. The molecule has 11 aromatic rings. The molecule has 0 unspecified atom stereocenters. The zero-order valence-electron chi connectivity index (χ0n) is 42.1. The van der Waals surface area contributed by atoms with Crippen LogP contribution in [0.5, 0.6) is 0 Å². The van der Waals surface area contributed by atoms with Crippen molar-refractivity contribution in [2.75, 3.05) is 4.81 Å². The van der Waals surface area contributed by atoms with Gasteiger partial charge in [0.1, 0.15) is 11.2 Å². The zero-order chi connectivity index (χ0) is 48.1. The third-order valence-corrected chi connectivity index (χ3v) is 17.6. The predicted molar refractivity (Wildman–Crippen MR) is 302 cm³/mol. The molecule has 0 saturated heterocycles. The number of hydrogen-bond donors (Lipinski definition) is 0. The molecule has 0 fully saturated rings. The molecule has 3 nitrogen and oxygen atoms in total. The van der Waals surface area contributed by atoms with Gasteiger partial charge in [0.2, 0.25) is 0 Å². The Balaban J connectivity index is 1.20. The molecule has 14 rings (SSSR count). The summed E-state index contributed by atoms with van der Waals surface area (Å²) in [5.41, 5.74) is 23.7. The third kappa shape index (κ3) is 5.59. The maximum absolute atomic E-state index is 7.35. The summed E-state index contributed by atoms with van der Waals surface area (Å²) in [6, 6.07) is 56.1. The molecular formula is C65H57BN2OS. The van der Waals surface area contributed by atoms with Gasteiger partial charge in [-0.1, -0.05) is 167 Å². The van der Waals surface area contributed by atoms with E-state index in [-0.39, 0.29) is 28.5 Å². The van der Waals surface area contributed by atoms with E-state index in [1.54, 1.807) is 0 Å². The van der Waals surface area contributed by atoms with Crippen molar-refractivity contribution in [2.45, 2.75) is 97.8 Å². The van der Waals surface area contributed by atoms with Gasteiger partial charge in [-0.3, -0.25) is 0 Å². The molecule has 8 aromatic carbocycles. The van der Waals surface area contributed by atoms with Crippen LogP contribution in [0, 0.1) is 0 Å². The van der Waals surface area contributed by atoms with Crippen LogP contribution in [0.1, 0.15) is 104 Å². The van der Waals surface area contributed by atoms with E-state index in [1.165, 1.54) is 126 Å². The fourth-order valence-electron chi connectivity index (χ4n) is 12.6. The molecule has 342 valence electrons. The molecule has 0 saturated carbocycles. The van der Waals surface area contributed by atoms with E-state index in [4.69, 9.17) is 4.42 Å². The Hall–Kier alpha value is -6.82. The highest BCUT2D eigenvalue weighted by atomic mass is 32.1. The van der Waals surface area contributed by atoms with Gasteiger partial charge in [0.25, 0.3) is 0 Å². The summed E-state index contributed by atoms with van der Waals surface area (Å²) < 4.78 is 12.7. The Labute approximate surface area is 415 Å². The summed E-state index contributed by atoms with van der Waals surface area (Å²) >= 11 is 1.97. The number of fused-ring (bicyclic) bond motifs is 18. The van der Waals surface area contributed by atoms with Gasteiger partial charge in [0.15, 0.2) is 0 Å². The van der Waals surface area contributed by atoms with Crippen LogP contribution in [0.3, 0.4) is 0 Å². The van der Waals surface area contributed by atoms with Gasteiger partial charge < -0.3 is 13.8 Å². The number of anilines is 2. The SMILES string of the molecule is CC(C)(C)c1ccc(N2B3c4sc5ccc(-c6ccccc6)cc5c4-n4c5ccc(C(C)(C)C)cc5c5c6oc7ccccc7c6c(c3c54)-c3cc4c(cc32)C(C)(C)c2cc(C(C)(C)C)ccc2-4)cc1. The lowest BCUT2D eigenvalue weighted by Crippen LogP contribution is -2.59. The van der Waals surface area contributed by atoms with E-state index in [9.17, 15) is 0 Å². The number of rotatable bonds is 2. The maximum atomic E-state index is 7.35. The van der Waals surface area contributed by atoms with Gasteiger partial charge in [-0.05, 0) is 132 Å². The van der Waals surface area contributed by atoms with E-state index in [1.807, 2.05) is 11.3 Å². The highest BCUT2D eigenvalue weighted by Gasteiger charge is 2.49. The summed E-state index contributed by atoms with van der Waals surface area (Å²) in [6.07, 6.45) is 0. The zero-order valence-corrected chi connectivity index (χ0v) is 43.0. The van der Waals surface area contributed by atoms with Crippen LogP contribution in [0.15, 0.2) is 150 Å². The molecule has 0 radical (unpaired) electrons. The van der Waals surface area contributed by atoms with Crippen LogP contribution in [0.25, 0.3) is 92.9 Å². The second-order valence-corrected chi connectivity index (χ2v) is 25.2. The molecule has 0 spiro atoms. The Kier molecular flexibility index (Phi) is 8.26. The largest absolute Gasteiger partial charge is 0.455 e. The highest BCUT2D eigenvalue weighted by molar-refractivity contribution is 7.32. The monoisotopic (exact) mass is 924 g/mol. The molecule has 3 aliphatic rings. The number of benzene rings is 8. The van der Waals surface area contributed by atoms with Crippen molar-refractivity contribution in [2.24, 2.45) is 0 Å². The average Bonchev–Trinajstić information content (AvgIpc) is 4.06. The lowest BCUT2D eigenvalue weighted by molar-refractivity contribution is 0.584. The van der Waals surface area contributed by atoms with Crippen LogP contribution in [0.4, 0.5) is 11.4 Å². The van der Waals surface area contributed by atoms with Gasteiger partial charge in [-0.25, -0.2) is 0 Å². The van der Waals surface area contributed by atoms with Crippen molar-refractivity contribution in [3.63, 3.8) is 0 Å². The van der Waals surface area contributed by atoms with Crippen molar-refractivity contribution in [3.05, 3.63) is 173 Å². The molecule has 70 heavy (non-hydrogen) atoms. The number of nitrogens with zero attached hydrogens (tertiary/aromatic N) is 2. The smallest absolute Gasteiger partial charge is 0.343 e. The van der Waals surface area contributed by atoms with Crippen LogP contribution in [0.2, 0.25) is 0 Å². The van der Waals surface area contributed by atoms with Crippen molar-refractivity contribution in [1.29, 1.82) is 0 Å². The molecule has 1 aliphatic carbocycles.